The quantitative estimate of drug-likeness (QED) is 0.431. The van der Waals surface area contributed by atoms with Gasteiger partial charge in [0.2, 0.25) is 0 Å². The molecule has 0 aliphatic heterocycles. The first-order valence-corrected chi connectivity index (χ1v) is 7.77. The van der Waals surface area contributed by atoms with Crippen molar-refractivity contribution >= 4 is 34.3 Å². The zero-order valence-corrected chi connectivity index (χ0v) is 14.4. The normalized spacial score (nSPS) is 11.3. The number of rotatable bonds is 3. The smallest absolute Gasteiger partial charge is 0.384 e. The van der Waals surface area contributed by atoms with Crippen LogP contribution in [-0.4, -0.2) is 30.1 Å². The fourth-order valence-corrected chi connectivity index (χ4v) is 2.18. The van der Waals surface area contributed by atoms with Gasteiger partial charge >= 0.3 is 18.2 Å². The number of urea groups is 1. The van der Waals surface area contributed by atoms with Gasteiger partial charge in [-0.15, -0.1) is 5.06 Å². The molecule has 2 aromatic carbocycles. The second-order valence-corrected chi connectivity index (χ2v) is 5.93. The molecule has 0 fully saturated rings. The van der Waals surface area contributed by atoms with E-state index in [9.17, 15) is 22.8 Å². The second-order valence-electron chi connectivity index (χ2n) is 5.93. The molecular formula is C17H17F3N4O3. The highest BCUT2D eigenvalue weighted by molar-refractivity contribution is 6.00. The van der Waals surface area contributed by atoms with Crippen LogP contribution in [0.2, 0.25) is 0 Å². The summed E-state index contributed by atoms with van der Waals surface area (Å²) in [5, 5.41) is 11.2. The Bertz CT molecular complexity index is 897. The number of carbonyl (C=O) groups is 2. The molecule has 0 saturated heterocycles. The van der Waals surface area contributed by atoms with Crippen molar-refractivity contribution < 1.29 is 27.6 Å². The lowest BCUT2D eigenvalue weighted by Gasteiger charge is -2.23. The molecule has 2 amide bonds. The number of nitrogen functional groups attached to an aromatic ring is 1. The number of hydrogen-bond donors (Lipinski definition) is 3. The van der Waals surface area contributed by atoms with E-state index in [4.69, 9.17) is 11.1 Å². The minimum Gasteiger partial charge on any atom is -0.384 e. The topological polar surface area (TPSA) is 109 Å². The zero-order chi connectivity index (χ0) is 20.4. The number of fused-ring (bicyclic) bond motifs is 1. The van der Waals surface area contributed by atoms with Crippen LogP contribution in [0, 0.1) is 5.41 Å². The minimum absolute atomic E-state index is 0.0752. The van der Waals surface area contributed by atoms with Crippen LogP contribution < -0.4 is 16.1 Å². The van der Waals surface area contributed by atoms with Crippen molar-refractivity contribution in [3.8, 4) is 0 Å². The molecule has 0 bridgehead atoms. The molecule has 144 valence electrons. The number of amides is 2. The van der Waals surface area contributed by atoms with Crippen LogP contribution in [0.4, 0.5) is 23.7 Å². The first-order valence-electron chi connectivity index (χ1n) is 7.77. The van der Waals surface area contributed by atoms with Crippen LogP contribution in [0.3, 0.4) is 0 Å². The maximum absolute atomic E-state index is 12.6. The van der Waals surface area contributed by atoms with E-state index < -0.39 is 24.2 Å². The highest BCUT2D eigenvalue weighted by Gasteiger charge is 2.43. The summed E-state index contributed by atoms with van der Waals surface area (Å²) in [5.74, 6) is -2.66. The molecule has 7 nitrogen and oxygen atoms in total. The van der Waals surface area contributed by atoms with Crippen molar-refractivity contribution in [3.05, 3.63) is 42.0 Å². The van der Waals surface area contributed by atoms with Gasteiger partial charge in [0.15, 0.2) is 0 Å². The molecule has 10 heteroatoms. The Morgan fingerprint density at radius 1 is 1.15 bits per heavy atom. The van der Waals surface area contributed by atoms with Crippen LogP contribution in [0.15, 0.2) is 36.4 Å². The van der Waals surface area contributed by atoms with Crippen LogP contribution in [0.25, 0.3) is 10.8 Å². The van der Waals surface area contributed by atoms with Gasteiger partial charge in [0.25, 0.3) is 0 Å². The van der Waals surface area contributed by atoms with Gasteiger partial charge in [-0.3, -0.25) is 5.41 Å². The molecule has 0 unspecified atom stereocenters. The molecule has 0 saturated carbocycles. The van der Waals surface area contributed by atoms with Crippen molar-refractivity contribution in [1.82, 2.24) is 5.32 Å². The minimum atomic E-state index is -5.26. The number of hydrogen-bond acceptors (Lipinski definition) is 4. The summed E-state index contributed by atoms with van der Waals surface area (Å²) in [4.78, 5) is 27.7. The number of benzene rings is 2. The monoisotopic (exact) mass is 382 g/mol. The fourth-order valence-electron chi connectivity index (χ4n) is 2.18. The zero-order valence-electron chi connectivity index (χ0n) is 14.4. The summed E-state index contributed by atoms with van der Waals surface area (Å²) in [6, 6.07) is 7.52. The van der Waals surface area contributed by atoms with E-state index in [2.05, 4.69) is 10.2 Å². The Balaban J connectivity index is 2.44. The summed E-state index contributed by atoms with van der Waals surface area (Å²) < 4.78 is 37.7. The van der Waals surface area contributed by atoms with Gasteiger partial charge in [0, 0.05) is 11.6 Å². The van der Waals surface area contributed by atoms with Gasteiger partial charge in [-0.25, -0.2) is 9.59 Å². The lowest BCUT2D eigenvalue weighted by molar-refractivity contribution is -0.199. The molecule has 0 heterocycles. The number of hydroxylamine groups is 1. The van der Waals surface area contributed by atoms with Gasteiger partial charge in [0.05, 0.1) is 5.69 Å². The number of amidine groups is 1. The molecule has 0 spiro atoms. The standard InChI is InChI=1S/C17H17F3N4O3/c1-9(2)23-16(26)24(27-15(25)17(18,19)20)13-6-5-10-7-12(14(21)22)4-3-11(10)8-13/h3-9H,1-2H3,(H3,21,22)(H,23,26). The van der Waals surface area contributed by atoms with E-state index in [-0.39, 0.29) is 16.6 Å². The lowest BCUT2D eigenvalue weighted by Crippen LogP contribution is -2.46. The van der Waals surface area contributed by atoms with E-state index in [1.165, 1.54) is 18.2 Å². The molecule has 27 heavy (non-hydrogen) atoms. The van der Waals surface area contributed by atoms with Crippen LogP contribution in [0.1, 0.15) is 19.4 Å². The van der Waals surface area contributed by atoms with E-state index in [0.29, 0.717) is 16.3 Å². The summed E-state index contributed by atoms with van der Waals surface area (Å²) in [7, 11) is 0. The number of anilines is 1. The third-order valence-electron chi connectivity index (χ3n) is 3.37. The molecule has 4 N–H and O–H groups in total. The predicted octanol–water partition coefficient (Wildman–Crippen LogP) is 3.07. The van der Waals surface area contributed by atoms with Gasteiger partial charge < -0.3 is 15.9 Å². The average molecular weight is 382 g/mol. The molecule has 0 aliphatic carbocycles. The molecule has 0 atom stereocenters. The fraction of sp³-hybridized carbons (Fsp3) is 0.235. The van der Waals surface area contributed by atoms with Gasteiger partial charge in [-0.1, -0.05) is 18.2 Å². The van der Waals surface area contributed by atoms with Crippen molar-refractivity contribution in [2.45, 2.75) is 26.1 Å². The van der Waals surface area contributed by atoms with Crippen LogP contribution in [0.5, 0.6) is 0 Å². The van der Waals surface area contributed by atoms with Crippen molar-refractivity contribution in [3.63, 3.8) is 0 Å². The first kappa shape index (κ1) is 20.0. The largest absolute Gasteiger partial charge is 0.493 e. The highest BCUT2D eigenvalue weighted by Crippen LogP contribution is 2.26. The Kier molecular flexibility index (Phi) is 5.58. The molecule has 2 aromatic rings. The summed E-state index contributed by atoms with van der Waals surface area (Å²) in [5.41, 5.74) is 5.81. The third-order valence-corrected chi connectivity index (χ3v) is 3.37. The summed E-state index contributed by atoms with van der Waals surface area (Å²) in [6.45, 7) is 3.21. The first-order chi connectivity index (χ1) is 12.5. The van der Waals surface area contributed by atoms with Crippen molar-refractivity contribution in [2.75, 3.05) is 5.06 Å². The Morgan fingerprint density at radius 3 is 2.30 bits per heavy atom. The number of carbonyl (C=O) groups excluding carboxylic acids is 2. The molecular weight excluding hydrogens is 365 g/mol. The van der Waals surface area contributed by atoms with Crippen molar-refractivity contribution in [1.29, 1.82) is 5.41 Å². The van der Waals surface area contributed by atoms with E-state index in [0.717, 1.165) is 0 Å². The van der Waals surface area contributed by atoms with E-state index in [1.807, 2.05) is 0 Å². The number of nitrogens with one attached hydrogen (secondary N) is 2. The van der Waals surface area contributed by atoms with E-state index >= 15 is 0 Å². The maximum atomic E-state index is 12.6. The van der Waals surface area contributed by atoms with Gasteiger partial charge in [0.1, 0.15) is 5.84 Å². The molecule has 0 radical (unpaired) electrons. The summed E-state index contributed by atoms with van der Waals surface area (Å²) >= 11 is 0. The SMILES string of the molecule is CC(C)NC(=O)N(OC(=O)C(F)(F)F)c1ccc2cc(C(=N)N)ccc2c1. The van der Waals surface area contributed by atoms with Crippen LogP contribution >= 0.6 is 0 Å². The molecule has 2 rings (SSSR count). The molecule has 0 aromatic heterocycles. The second kappa shape index (κ2) is 7.52. The number of halogens is 3. The van der Waals surface area contributed by atoms with E-state index in [1.54, 1.807) is 32.0 Å². The Morgan fingerprint density at radius 2 is 1.74 bits per heavy atom. The Labute approximate surface area is 152 Å². The number of nitrogens with zero attached hydrogens (tertiary/aromatic N) is 1. The highest BCUT2D eigenvalue weighted by atomic mass is 19.4. The van der Waals surface area contributed by atoms with Gasteiger partial charge in [-0.05, 0) is 42.8 Å². The predicted molar refractivity (Wildman–Crippen MR) is 93.3 cm³/mol. The molecule has 0 aliphatic rings. The maximum Gasteiger partial charge on any atom is 0.493 e. The average Bonchev–Trinajstić information content (AvgIpc) is 2.56. The van der Waals surface area contributed by atoms with Gasteiger partial charge in [-0.2, -0.15) is 13.2 Å². The third kappa shape index (κ3) is 4.87. The number of nitrogens with two attached hydrogens (primary N) is 1. The number of alkyl halides is 3. The van der Waals surface area contributed by atoms with Crippen molar-refractivity contribution in [2.24, 2.45) is 5.73 Å². The van der Waals surface area contributed by atoms with Crippen LogP contribution in [-0.2, 0) is 9.63 Å². The lowest BCUT2D eigenvalue weighted by atomic mass is 10.1. The Hall–Kier alpha value is -3.30. The summed E-state index contributed by atoms with van der Waals surface area (Å²) in [6.07, 6.45) is -5.26.